The summed E-state index contributed by atoms with van der Waals surface area (Å²) in [7, 11) is 0. The van der Waals surface area contributed by atoms with Gasteiger partial charge in [-0.3, -0.25) is 9.78 Å². The number of rotatable bonds is 4. The first-order valence-corrected chi connectivity index (χ1v) is 7.76. The van der Waals surface area contributed by atoms with E-state index in [4.69, 9.17) is 0 Å². The van der Waals surface area contributed by atoms with E-state index >= 15 is 0 Å². The van der Waals surface area contributed by atoms with E-state index in [0.29, 0.717) is 12.5 Å². The average Bonchev–Trinajstić information content (AvgIpc) is 2.59. The molecule has 0 radical (unpaired) electrons. The summed E-state index contributed by atoms with van der Waals surface area (Å²) in [5.41, 5.74) is 3.75. The predicted molar refractivity (Wildman–Crippen MR) is 88.4 cm³/mol. The Morgan fingerprint density at radius 1 is 1.27 bits per heavy atom. The van der Waals surface area contributed by atoms with Crippen LogP contribution in [0.15, 0.2) is 54.9 Å². The molecular weight excluding hydrogens is 272 g/mol. The summed E-state index contributed by atoms with van der Waals surface area (Å²) in [6, 6.07) is 12.4. The fraction of sp³-hybridized carbons (Fsp3) is 0.263. The first kappa shape index (κ1) is 14.5. The highest BCUT2D eigenvalue weighted by molar-refractivity contribution is 5.91. The van der Waals surface area contributed by atoms with Crippen LogP contribution in [-0.4, -0.2) is 17.4 Å². The predicted octanol–water partition coefficient (Wildman–Crippen LogP) is 3.33. The molecule has 1 heterocycles. The highest BCUT2D eigenvalue weighted by Crippen LogP contribution is 2.30. The van der Waals surface area contributed by atoms with Crippen LogP contribution >= 0.6 is 0 Å². The van der Waals surface area contributed by atoms with Crippen molar-refractivity contribution >= 4 is 12.0 Å². The number of aromatic nitrogens is 1. The maximum atomic E-state index is 12.0. The lowest BCUT2D eigenvalue weighted by Crippen LogP contribution is -2.28. The maximum Gasteiger partial charge on any atom is 0.244 e. The Hall–Kier alpha value is -2.42. The molecule has 0 fully saturated rings. The maximum absolute atomic E-state index is 12.0. The summed E-state index contributed by atoms with van der Waals surface area (Å²) in [6.07, 6.45) is 10.3. The zero-order valence-corrected chi connectivity index (χ0v) is 12.5. The lowest BCUT2D eigenvalue weighted by atomic mass is 9.83. The van der Waals surface area contributed by atoms with Crippen LogP contribution in [0.2, 0.25) is 0 Å². The second-order valence-electron chi connectivity index (χ2n) is 5.65. The highest BCUT2D eigenvalue weighted by Gasteiger charge is 2.19. The zero-order chi connectivity index (χ0) is 15.2. The van der Waals surface area contributed by atoms with Gasteiger partial charge in [0.1, 0.15) is 0 Å². The number of fused-ring (bicyclic) bond motifs is 1. The summed E-state index contributed by atoms with van der Waals surface area (Å²) in [5, 5.41) is 3.02. The molecule has 0 aliphatic heterocycles. The normalized spacial score (nSPS) is 17.2. The van der Waals surface area contributed by atoms with Gasteiger partial charge in [0.15, 0.2) is 0 Å². The van der Waals surface area contributed by atoms with Gasteiger partial charge in [0.05, 0.1) is 0 Å². The lowest BCUT2D eigenvalue weighted by Gasteiger charge is -2.25. The van der Waals surface area contributed by atoms with Crippen LogP contribution < -0.4 is 5.32 Å². The van der Waals surface area contributed by atoms with Crippen LogP contribution in [-0.2, 0) is 11.2 Å². The second-order valence-corrected chi connectivity index (χ2v) is 5.65. The number of aryl methyl sites for hydroxylation is 1. The molecule has 3 rings (SSSR count). The zero-order valence-electron chi connectivity index (χ0n) is 12.5. The number of benzene rings is 1. The number of hydrogen-bond acceptors (Lipinski definition) is 2. The monoisotopic (exact) mass is 292 g/mol. The van der Waals surface area contributed by atoms with Crippen LogP contribution in [0.4, 0.5) is 0 Å². The van der Waals surface area contributed by atoms with Gasteiger partial charge in [-0.1, -0.05) is 30.3 Å². The Kier molecular flexibility index (Phi) is 4.64. The Morgan fingerprint density at radius 3 is 3.05 bits per heavy atom. The number of nitrogens with one attached hydrogen (secondary N) is 1. The molecule has 1 aromatic carbocycles. The molecule has 0 saturated carbocycles. The van der Waals surface area contributed by atoms with Crippen molar-refractivity contribution in [3.63, 3.8) is 0 Å². The molecule has 2 aromatic rings. The quantitative estimate of drug-likeness (QED) is 0.878. The molecule has 0 saturated heterocycles. The van der Waals surface area contributed by atoms with Crippen molar-refractivity contribution in [2.75, 3.05) is 6.54 Å². The molecule has 1 amide bonds. The molecular formula is C19H20N2O. The van der Waals surface area contributed by atoms with Crippen molar-refractivity contribution in [3.05, 3.63) is 71.6 Å². The molecule has 22 heavy (non-hydrogen) atoms. The Bertz CT molecular complexity index is 664. The van der Waals surface area contributed by atoms with Gasteiger partial charge >= 0.3 is 0 Å². The molecule has 0 bridgehead atoms. The lowest BCUT2D eigenvalue weighted by molar-refractivity contribution is -0.116. The summed E-state index contributed by atoms with van der Waals surface area (Å²) < 4.78 is 0. The van der Waals surface area contributed by atoms with Crippen LogP contribution in [0.3, 0.4) is 0 Å². The Balaban J connectivity index is 1.57. The Morgan fingerprint density at radius 2 is 2.18 bits per heavy atom. The van der Waals surface area contributed by atoms with Gasteiger partial charge in [-0.25, -0.2) is 0 Å². The fourth-order valence-corrected chi connectivity index (χ4v) is 3.00. The fourth-order valence-electron chi connectivity index (χ4n) is 3.00. The molecule has 3 heteroatoms. The number of amides is 1. The number of carbonyl (C=O) groups excluding carboxylic acids is 1. The third-order valence-electron chi connectivity index (χ3n) is 4.13. The van der Waals surface area contributed by atoms with Crippen molar-refractivity contribution in [2.24, 2.45) is 0 Å². The van der Waals surface area contributed by atoms with Crippen molar-refractivity contribution in [1.29, 1.82) is 0 Å². The van der Waals surface area contributed by atoms with Gasteiger partial charge in [-0.05, 0) is 48.1 Å². The van der Waals surface area contributed by atoms with Gasteiger partial charge < -0.3 is 5.32 Å². The van der Waals surface area contributed by atoms with Crippen LogP contribution in [0, 0.1) is 0 Å². The van der Waals surface area contributed by atoms with Gasteiger partial charge in [0.25, 0.3) is 0 Å². The van der Waals surface area contributed by atoms with E-state index < -0.39 is 0 Å². The molecule has 1 N–H and O–H groups in total. The second kappa shape index (κ2) is 7.03. The molecule has 1 aliphatic carbocycles. The van der Waals surface area contributed by atoms with Crippen molar-refractivity contribution < 1.29 is 4.79 Å². The third-order valence-corrected chi connectivity index (χ3v) is 4.13. The SMILES string of the molecule is O=C(/C=C/c1cccnc1)NCC1CCCc2ccccc21. The standard InChI is InChI=1S/C19H20N2O/c22-19(11-10-15-5-4-12-20-13-15)21-14-17-8-3-7-16-6-1-2-9-18(16)17/h1-2,4-6,9-13,17H,3,7-8,14H2,(H,21,22)/b11-10+. The number of pyridine rings is 1. The Labute approximate surface area is 131 Å². The van der Waals surface area contributed by atoms with Crippen LogP contribution in [0.5, 0.6) is 0 Å². The first-order valence-electron chi connectivity index (χ1n) is 7.76. The molecule has 1 aromatic heterocycles. The summed E-state index contributed by atoms with van der Waals surface area (Å²) in [5.74, 6) is 0.382. The van der Waals surface area contributed by atoms with Crippen molar-refractivity contribution in [1.82, 2.24) is 10.3 Å². The number of nitrogens with zero attached hydrogens (tertiary/aromatic N) is 1. The molecule has 3 nitrogen and oxygen atoms in total. The van der Waals surface area contributed by atoms with E-state index in [-0.39, 0.29) is 5.91 Å². The minimum absolute atomic E-state index is 0.0492. The summed E-state index contributed by atoms with van der Waals surface area (Å²) in [4.78, 5) is 16.0. The third kappa shape index (κ3) is 3.61. The topological polar surface area (TPSA) is 42.0 Å². The molecule has 1 aliphatic rings. The average molecular weight is 292 g/mol. The van der Waals surface area contributed by atoms with E-state index in [1.165, 1.54) is 17.5 Å². The molecule has 0 spiro atoms. The summed E-state index contributed by atoms with van der Waals surface area (Å²) in [6.45, 7) is 0.702. The first-order chi connectivity index (χ1) is 10.8. The largest absolute Gasteiger partial charge is 0.352 e. The van der Waals surface area contributed by atoms with Gasteiger partial charge in [0.2, 0.25) is 5.91 Å². The molecule has 1 unspecified atom stereocenters. The number of hydrogen-bond donors (Lipinski definition) is 1. The summed E-state index contributed by atoms with van der Waals surface area (Å²) >= 11 is 0. The van der Waals surface area contributed by atoms with Gasteiger partial charge in [-0.15, -0.1) is 0 Å². The van der Waals surface area contributed by atoms with Gasteiger partial charge in [0, 0.05) is 30.9 Å². The van der Waals surface area contributed by atoms with E-state index in [1.807, 2.05) is 12.1 Å². The van der Waals surface area contributed by atoms with Crippen LogP contribution in [0.25, 0.3) is 6.08 Å². The van der Waals surface area contributed by atoms with E-state index in [1.54, 1.807) is 24.5 Å². The highest BCUT2D eigenvalue weighted by atomic mass is 16.1. The van der Waals surface area contributed by atoms with E-state index in [2.05, 4.69) is 34.6 Å². The minimum Gasteiger partial charge on any atom is -0.352 e. The smallest absolute Gasteiger partial charge is 0.244 e. The van der Waals surface area contributed by atoms with Gasteiger partial charge in [-0.2, -0.15) is 0 Å². The van der Waals surface area contributed by atoms with E-state index in [9.17, 15) is 4.79 Å². The number of carbonyl (C=O) groups is 1. The molecule has 112 valence electrons. The van der Waals surface area contributed by atoms with Crippen LogP contribution in [0.1, 0.15) is 35.4 Å². The van der Waals surface area contributed by atoms with E-state index in [0.717, 1.165) is 18.4 Å². The molecule has 1 atom stereocenters. The minimum atomic E-state index is -0.0492. The van der Waals surface area contributed by atoms with Crippen molar-refractivity contribution in [2.45, 2.75) is 25.2 Å². The van der Waals surface area contributed by atoms with Crippen molar-refractivity contribution in [3.8, 4) is 0 Å².